The molecule has 1 fully saturated rings. The second-order valence-corrected chi connectivity index (χ2v) is 8.61. The van der Waals surface area contributed by atoms with Crippen LogP contribution in [0.5, 0.6) is 0 Å². The van der Waals surface area contributed by atoms with Gasteiger partial charge in [-0.2, -0.15) is 0 Å². The van der Waals surface area contributed by atoms with Gasteiger partial charge in [-0.25, -0.2) is 0 Å². The van der Waals surface area contributed by atoms with Crippen molar-refractivity contribution >= 4 is 40.1 Å². The lowest BCUT2D eigenvalue weighted by atomic mass is 9.96. The zero-order valence-electron chi connectivity index (χ0n) is 17.7. The van der Waals surface area contributed by atoms with E-state index in [9.17, 15) is 9.59 Å². The molecule has 32 heavy (non-hydrogen) atoms. The quantitative estimate of drug-likeness (QED) is 0.589. The molecule has 2 N–H and O–H groups in total. The van der Waals surface area contributed by atoms with Crippen LogP contribution in [-0.2, 0) is 44.9 Å². The largest absolute Gasteiger partial charge is 0.416 e. The third kappa shape index (κ3) is 3.61. The lowest BCUT2D eigenvalue weighted by Gasteiger charge is -2.32. The van der Waals surface area contributed by atoms with Gasteiger partial charge in [0.2, 0.25) is 0 Å². The summed E-state index contributed by atoms with van der Waals surface area (Å²) in [5, 5.41) is 8.47. The van der Waals surface area contributed by atoms with Gasteiger partial charge < -0.3 is 24.7 Å². The second-order valence-electron chi connectivity index (χ2n) is 8.21. The van der Waals surface area contributed by atoms with Gasteiger partial charge in [0, 0.05) is 36.3 Å². The lowest BCUT2D eigenvalue weighted by molar-refractivity contribution is -0.225. The van der Waals surface area contributed by atoms with Gasteiger partial charge in [-0.05, 0) is 48.4 Å². The Kier molecular flexibility index (Phi) is 5.31. The second kappa shape index (κ2) is 8.15. The number of halogens is 1. The van der Waals surface area contributed by atoms with Crippen LogP contribution in [-0.4, -0.2) is 29.6 Å². The first-order valence-corrected chi connectivity index (χ1v) is 11.1. The summed E-state index contributed by atoms with van der Waals surface area (Å²) in [6.45, 7) is 1.40. The maximum absolute atomic E-state index is 12.3. The molecule has 3 heterocycles. The third-order valence-corrected chi connectivity index (χ3v) is 6.46. The highest BCUT2D eigenvalue weighted by molar-refractivity contribution is 6.33. The first-order chi connectivity index (χ1) is 15.5. The average molecular weight is 454 g/mol. The van der Waals surface area contributed by atoms with Crippen LogP contribution in [0.2, 0.25) is 5.02 Å². The van der Waals surface area contributed by atoms with Crippen LogP contribution in [0.3, 0.4) is 0 Å². The van der Waals surface area contributed by atoms with Gasteiger partial charge in [-0.3, -0.25) is 9.59 Å². The Morgan fingerprint density at radius 2 is 1.88 bits per heavy atom. The molecule has 166 valence electrons. The fourth-order valence-corrected chi connectivity index (χ4v) is 4.81. The lowest BCUT2D eigenvalue weighted by Crippen LogP contribution is -2.43. The van der Waals surface area contributed by atoms with E-state index in [1.54, 1.807) is 12.1 Å². The van der Waals surface area contributed by atoms with E-state index in [-0.39, 0.29) is 19.4 Å². The van der Waals surface area contributed by atoms with Gasteiger partial charge >= 0.3 is 11.9 Å². The van der Waals surface area contributed by atoms with Crippen LogP contribution < -0.4 is 10.6 Å². The van der Waals surface area contributed by atoms with Crippen LogP contribution in [0.25, 0.3) is 10.9 Å². The summed E-state index contributed by atoms with van der Waals surface area (Å²) in [5.74, 6) is -2.40. The number of anilines is 1. The topological polar surface area (TPSA) is 81.6 Å². The molecular weight excluding hydrogens is 430 g/mol. The summed E-state index contributed by atoms with van der Waals surface area (Å²) < 4.78 is 13.5. The van der Waals surface area contributed by atoms with Gasteiger partial charge in [0.15, 0.2) is 0 Å². The van der Waals surface area contributed by atoms with Crippen molar-refractivity contribution in [2.24, 2.45) is 7.05 Å². The Labute approximate surface area is 190 Å². The Hall–Kier alpha value is -3.03. The van der Waals surface area contributed by atoms with Crippen molar-refractivity contribution in [1.82, 2.24) is 9.88 Å². The molecule has 0 amide bonds. The molecule has 0 unspecified atom stereocenters. The summed E-state index contributed by atoms with van der Waals surface area (Å²) >= 11 is 6.62. The molecular formula is C24H24ClN3O4. The van der Waals surface area contributed by atoms with Crippen molar-refractivity contribution in [1.29, 1.82) is 0 Å². The Balaban J connectivity index is 1.54. The van der Waals surface area contributed by atoms with E-state index in [0.717, 1.165) is 22.3 Å². The molecule has 0 radical (unpaired) electrons. The molecule has 2 aliphatic rings. The Bertz CT molecular complexity index is 1200. The number of hydrogen-bond donors (Lipinski definition) is 2. The zero-order chi connectivity index (χ0) is 22.3. The van der Waals surface area contributed by atoms with Crippen molar-refractivity contribution < 1.29 is 19.1 Å². The number of rotatable bonds is 3. The number of carbonyl (C=O) groups is 2. The molecule has 5 rings (SSSR count). The van der Waals surface area contributed by atoms with Crippen molar-refractivity contribution in [3.05, 3.63) is 64.3 Å². The molecule has 0 bridgehead atoms. The number of hydrogen-bond acceptors (Lipinski definition) is 6. The zero-order valence-corrected chi connectivity index (χ0v) is 18.5. The minimum atomic E-state index is -1.49. The molecule has 0 atom stereocenters. The predicted molar refractivity (Wildman–Crippen MR) is 121 cm³/mol. The first-order valence-electron chi connectivity index (χ1n) is 10.7. The summed E-state index contributed by atoms with van der Waals surface area (Å²) in [7, 11) is 2.02. The summed E-state index contributed by atoms with van der Waals surface area (Å²) in [6, 6.07) is 11.9. The Morgan fingerprint density at radius 1 is 1.09 bits per heavy atom. The van der Waals surface area contributed by atoms with Gasteiger partial charge in [-0.15, -0.1) is 0 Å². The van der Waals surface area contributed by atoms with E-state index < -0.39 is 17.7 Å². The number of fused-ring (bicyclic) bond motifs is 3. The minimum absolute atomic E-state index is 0.00962. The molecule has 7 nitrogen and oxygen atoms in total. The van der Waals surface area contributed by atoms with E-state index in [1.807, 2.05) is 19.3 Å². The fraction of sp³-hybridized carbons (Fsp3) is 0.333. The number of aryl methyl sites for hydroxylation is 1. The van der Waals surface area contributed by atoms with Crippen LogP contribution in [0, 0.1) is 0 Å². The minimum Gasteiger partial charge on any atom is -0.416 e. The number of benzene rings is 2. The number of nitrogens with zero attached hydrogens (tertiary/aromatic N) is 1. The Morgan fingerprint density at radius 3 is 2.66 bits per heavy atom. The van der Waals surface area contributed by atoms with Gasteiger partial charge in [0.1, 0.15) is 0 Å². The summed E-state index contributed by atoms with van der Waals surface area (Å²) in [5.41, 5.74) is 4.59. The number of carbonyl (C=O) groups excluding carboxylic acids is 2. The monoisotopic (exact) mass is 453 g/mol. The van der Waals surface area contributed by atoms with Gasteiger partial charge in [0.25, 0.3) is 5.79 Å². The van der Waals surface area contributed by atoms with Crippen molar-refractivity contribution in [3.63, 3.8) is 0 Å². The van der Waals surface area contributed by atoms with Crippen molar-refractivity contribution in [2.45, 2.75) is 31.6 Å². The van der Waals surface area contributed by atoms with Crippen LogP contribution in [0.15, 0.2) is 42.6 Å². The molecule has 0 saturated carbocycles. The third-order valence-electron chi connectivity index (χ3n) is 6.15. The number of nitrogens with one attached hydrogen (secondary N) is 2. The summed E-state index contributed by atoms with van der Waals surface area (Å²) in [4.78, 5) is 24.6. The molecule has 2 aliphatic heterocycles. The highest BCUT2D eigenvalue weighted by Crippen LogP contribution is 2.40. The highest BCUT2D eigenvalue weighted by atomic mass is 35.5. The van der Waals surface area contributed by atoms with E-state index in [1.165, 1.54) is 5.39 Å². The van der Waals surface area contributed by atoms with Crippen LogP contribution >= 0.6 is 11.6 Å². The molecule has 8 heteroatoms. The molecule has 0 aliphatic carbocycles. The van der Waals surface area contributed by atoms with E-state index >= 15 is 0 Å². The number of aromatic nitrogens is 1. The van der Waals surface area contributed by atoms with Gasteiger partial charge in [0.05, 0.1) is 30.1 Å². The predicted octanol–water partition coefficient (Wildman–Crippen LogP) is 3.62. The fourth-order valence-electron chi connectivity index (χ4n) is 4.57. The number of esters is 2. The van der Waals surface area contributed by atoms with Crippen LogP contribution in [0.1, 0.15) is 29.5 Å². The van der Waals surface area contributed by atoms with Crippen LogP contribution in [0.4, 0.5) is 5.69 Å². The maximum atomic E-state index is 12.3. The normalized spacial score (nSPS) is 17.9. The number of ether oxygens (including phenoxy) is 2. The average Bonchev–Trinajstić information content (AvgIpc) is 2.97. The molecule has 3 aromatic rings. The summed E-state index contributed by atoms with van der Waals surface area (Å²) in [6.07, 6.45) is 2.70. The smallest absolute Gasteiger partial charge is 0.309 e. The van der Waals surface area contributed by atoms with Crippen molar-refractivity contribution in [2.75, 3.05) is 18.4 Å². The standard InChI is InChI=1S/C24H24ClN3O4/c1-28-12-10-16-15(3-2-4-20(16)28)13-27-23-17-9-11-26-14-24(18(17)5-6-19(23)25)31-21(29)7-8-22(30)32-24/h2-6,10,12,26-27H,7-9,11,13-14H2,1H3. The van der Waals surface area contributed by atoms with E-state index in [0.29, 0.717) is 30.1 Å². The maximum Gasteiger partial charge on any atom is 0.309 e. The molecule has 1 aromatic heterocycles. The molecule has 1 spiro atoms. The molecule has 1 saturated heterocycles. The molecule has 2 aromatic carbocycles. The SMILES string of the molecule is Cn1ccc2c(CNc3c(Cl)ccc4c3CCNCC43OC(=O)CCC(=O)O3)cccc21. The van der Waals surface area contributed by atoms with E-state index in [2.05, 4.69) is 33.4 Å². The van der Waals surface area contributed by atoms with E-state index in [4.69, 9.17) is 21.1 Å². The highest BCUT2D eigenvalue weighted by Gasteiger charge is 2.45. The van der Waals surface area contributed by atoms with Crippen molar-refractivity contribution in [3.8, 4) is 0 Å². The van der Waals surface area contributed by atoms with Gasteiger partial charge in [-0.1, -0.05) is 23.7 Å². The first kappa shape index (κ1) is 20.8.